The van der Waals surface area contributed by atoms with Crippen molar-refractivity contribution in [2.24, 2.45) is 52.3 Å². The van der Waals surface area contributed by atoms with Gasteiger partial charge in [0.05, 0.1) is 18.9 Å². The normalized spacial score (nSPS) is 34.0. The summed E-state index contributed by atoms with van der Waals surface area (Å²) in [6.45, 7) is 14.8. The van der Waals surface area contributed by atoms with Gasteiger partial charge in [-0.2, -0.15) is 0 Å². The zero-order chi connectivity index (χ0) is 35.3. The van der Waals surface area contributed by atoms with Gasteiger partial charge in [0.15, 0.2) is 0 Å². The molecule has 0 aliphatic heterocycles. The zero-order valence-corrected chi connectivity index (χ0v) is 29.9. The van der Waals surface area contributed by atoms with E-state index in [1.807, 2.05) is 0 Å². The van der Waals surface area contributed by atoms with Crippen molar-refractivity contribution in [3.8, 4) is 0 Å². The van der Waals surface area contributed by atoms with Crippen molar-refractivity contribution >= 4 is 35.6 Å². The Hall–Kier alpha value is -2.33. The first-order valence-corrected chi connectivity index (χ1v) is 18.5. The summed E-state index contributed by atoms with van der Waals surface area (Å²) in [6.07, 6.45) is 17.5. The smallest absolute Gasteiger partial charge is 0.317 e. The number of aliphatic carboxylic acids is 4. The molecule has 11 unspecified atom stereocenters. The number of fused-ring (bicyclic) bond motifs is 5. The first-order chi connectivity index (χ1) is 21.9. The predicted molar refractivity (Wildman–Crippen MR) is 183 cm³/mol. The maximum absolute atomic E-state index is 10.7. The third-order valence-corrected chi connectivity index (χ3v) is 13.8. The molecule has 0 aromatic heterocycles. The van der Waals surface area contributed by atoms with E-state index in [4.69, 9.17) is 20.4 Å². The molecule has 4 aliphatic rings. The second-order valence-corrected chi connectivity index (χ2v) is 16.8. The number of hydrogen-bond donors (Lipinski definition) is 5. The number of carbonyl (C=O) groups is 4. The Kier molecular flexibility index (Phi) is 13.6. The zero-order valence-electron chi connectivity index (χ0n) is 29.1. The van der Waals surface area contributed by atoms with Crippen molar-refractivity contribution in [3.05, 3.63) is 23.8 Å². The Balaban J connectivity index is 0.000000303. The summed E-state index contributed by atoms with van der Waals surface area (Å²) in [6, 6.07) is 0. The molecule has 0 saturated heterocycles. The molecule has 4 rings (SSSR count). The first kappa shape index (κ1) is 39.1. The quantitative estimate of drug-likeness (QED) is 0.124. The highest BCUT2D eigenvalue weighted by molar-refractivity contribution is 8.01. The molecular weight excluding hydrogens is 620 g/mol. The van der Waals surface area contributed by atoms with E-state index in [-0.39, 0.29) is 6.10 Å². The molecule has 0 radical (unpaired) electrons. The molecule has 10 heteroatoms. The second kappa shape index (κ2) is 16.4. The largest absolute Gasteiger partial charge is 0.481 e. The van der Waals surface area contributed by atoms with Crippen LogP contribution >= 0.6 is 11.8 Å². The van der Waals surface area contributed by atoms with Gasteiger partial charge in [-0.15, -0.1) is 11.8 Å². The van der Waals surface area contributed by atoms with Crippen molar-refractivity contribution in [3.63, 3.8) is 0 Å². The van der Waals surface area contributed by atoms with Crippen molar-refractivity contribution in [1.82, 2.24) is 0 Å². The fourth-order valence-electron chi connectivity index (χ4n) is 9.73. The lowest BCUT2D eigenvalue weighted by molar-refractivity contribution is -0.143. The maximum atomic E-state index is 10.7. The molecule has 9 nitrogen and oxygen atoms in total. The van der Waals surface area contributed by atoms with E-state index >= 15 is 0 Å². The minimum absolute atomic E-state index is 0.0870. The number of rotatable bonds is 13. The van der Waals surface area contributed by atoms with E-state index in [2.05, 4.69) is 59.8 Å². The van der Waals surface area contributed by atoms with Gasteiger partial charge < -0.3 is 25.5 Å². The van der Waals surface area contributed by atoms with E-state index in [9.17, 15) is 24.3 Å². The molecular formula is C37H58O9S. The number of allylic oxidation sites excluding steroid dienone is 3. The molecule has 0 heterocycles. The minimum Gasteiger partial charge on any atom is -0.481 e. The van der Waals surface area contributed by atoms with E-state index < -0.39 is 47.2 Å². The number of thioether (sulfide) groups is 1. The van der Waals surface area contributed by atoms with E-state index in [0.29, 0.717) is 28.5 Å². The van der Waals surface area contributed by atoms with Crippen molar-refractivity contribution in [2.75, 3.05) is 0 Å². The maximum Gasteiger partial charge on any atom is 0.317 e. The van der Waals surface area contributed by atoms with Crippen LogP contribution in [0.3, 0.4) is 0 Å². The second-order valence-electron chi connectivity index (χ2n) is 15.4. The molecule has 3 fully saturated rings. The number of hydrogen-bond acceptors (Lipinski definition) is 6. The fraction of sp³-hybridized carbons (Fsp3) is 0.784. The van der Waals surface area contributed by atoms with E-state index in [1.54, 1.807) is 5.57 Å². The van der Waals surface area contributed by atoms with Crippen LogP contribution in [0.5, 0.6) is 0 Å². The third-order valence-electron chi connectivity index (χ3n) is 12.4. The predicted octanol–water partition coefficient (Wildman–Crippen LogP) is 7.38. The standard InChI is InChI=1S/C29H48O.C8H10O8S/c1-7-21(19(2)3)9-8-20(4)25-12-13-26-24-11-10-22-18-23(30)14-16-28(22,5)27(24)15-17-29(25,26)6;9-5(10)1-3(7(13)14)17-4(8(15)16)2-6(11)12/h8-10,19-21,23-27,30H,7,11-18H2,1-6H3;3-4H,1-2H2,(H,9,10)(H,11,12)(H,13,14)(H,15,16)/b9-8+;. The minimum atomic E-state index is -1.49. The molecule has 0 aromatic rings. The third kappa shape index (κ3) is 9.22. The summed E-state index contributed by atoms with van der Waals surface area (Å²) >= 11 is 0.302. The van der Waals surface area contributed by atoms with Crippen LogP contribution in [0.2, 0.25) is 0 Å². The molecule has 4 aliphatic carbocycles. The monoisotopic (exact) mass is 678 g/mol. The Morgan fingerprint density at radius 1 is 0.872 bits per heavy atom. The molecule has 5 N–H and O–H groups in total. The van der Waals surface area contributed by atoms with Gasteiger partial charge in [0.1, 0.15) is 10.5 Å². The average molecular weight is 679 g/mol. The van der Waals surface area contributed by atoms with E-state index in [1.165, 1.54) is 44.9 Å². The van der Waals surface area contributed by atoms with Crippen LogP contribution in [0, 0.1) is 52.3 Å². The summed E-state index contributed by atoms with van der Waals surface area (Å²) < 4.78 is 0. The number of aliphatic hydroxyl groups is 1. The highest BCUT2D eigenvalue weighted by atomic mass is 32.2. The molecule has 266 valence electrons. The highest BCUT2D eigenvalue weighted by Crippen LogP contribution is 2.67. The van der Waals surface area contributed by atoms with Gasteiger partial charge in [0.2, 0.25) is 0 Å². The molecule has 0 amide bonds. The number of carboxylic acids is 4. The van der Waals surface area contributed by atoms with Gasteiger partial charge in [-0.05, 0) is 110 Å². The average Bonchev–Trinajstić information content (AvgIpc) is 3.34. The van der Waals surface area contributed by atoms with Gasteiger partial charge in [0.25, 0.3) is 0 Å². The topological polar surface area (TPSA) is 169 Å². The van der Waals surface area contributed by atoms with Crippen LogP contribution in [0.1, 0.15) is 112 Å². The van der Waals surface area contributed by atoms with Crippen LogP contribution in [0.15, 0.2) is 23.8 Å². The Bertz CT molecular complexity index is 1160. The van der Waals surface area contributed by atoms with Gasteiger partial charge in [-0.3, -0.25) is 19.2 Å². The van der Waals surface area contributed by atoms with E-state index in [0.717, 1.165) is 48.3 Å². The Morgan fingerprint density at radius 3 is 1.98 bits per heavy atom. The van der Waals surface area contributed by atoms with Gasteiger partial charge in [0, 0.05) is 0 Å². The van der Waals surface area contributed by atoms with Gasteiger partial charge in [-0.1, -0.05) is 65.3 Å². The lowest BCUT2D eigenvalue weighted by Crippen LogP contribution is -2.50. The van der Waals surface area contributed by atoms with Crippen molar-refractivity contribution < 1.29 is 44.7 Å². The summed E-state index contributed by atoms with van der Waals surface area (Å²) in [5, 5.41) is 41.4. The van der Waals surface area contributed by atoms with Crippen LogP contribution in [-0.2, 0) is 19.2 Å². The lowest BCUT2D eigenvalue weighted by atomic mass is 9.47. The number of aliphatic hydroxyl groups excluding tert-OH is 1. The highest BCUT2D eigenvalue weighted by Gasteiger charge is 2.59. The van der Waals surface area contributed by atoms with Crippen LogP contribution < -0.4 is 0 Å². The lowest BCUT2D eigenvalue weighted by Gasteiger charge is -2.58. The Labute approximate surface area is 284 Å². The van der Waals surface area contributed by atoms with Crippen molar-refractivity contribution in [2.45, 2.75) is 129 Å². The molecule has 47 heavy (non-hydrogen) atoms. The first-order valence-electron chi connectivity index (χ1n) is 17.5. The fourth-order valence-corrected chi connectivity index (χ4v) is 10.8. The van der Waals surface area contributed by atoms with Crippen molar-refractivity contribution in [1.29, 1.82) is 0 Å². The summed E-state index contributed by atoms with van der Waals surface area (Å²) in [5.74, 6) is -0.0841. The van der Waals surface area contributed by atoms with Gasteiger partial charge in [-0.25, -0.2) is 0 Å². The summed E-state index contributed by atoms with van der Waals surface area (Å²) in [5.41, 5.74) is 2.51. The van der Waals surface area contributed by atoms with Crippen LogP contribution in [-0.4, -0.2) is 66.0 Å². The molecule has 0 bridgehead atoms. The summed E-state index contributed by atoms with van der Waals surface area (Å²) in [7, 11) is 0. The van der Waals surface area contributed by atoms with Crippen LogP contribution in [0.25, 0.3) is 0 Å². The molecule has 0 aromatic carbocycles. The SMILES string of the molecule is CCC(/C=C/C(C)C1CCC2C3CC=C4CC(O)CCC4(C)C3CCC12C)C(C)C.O=C(O)CC(SC(CC(=O)O)C(=O)O)C(=O)O. The summed E-state index contributed by atoms with van der Waals surface area (Å²) in [4.78, 5) is 42.0. The molecule has 11 atom stereocenters. The molecule has 3 saturated carbocycles. The van der Waals surface area contributed by atoms with Gasteiger partial charge >= 0.3 is 23.9 Å². The Morgan fingerprint density at radius 2 is 1.47 bits per heavy atom. The molecule has 0 spiro atoms. The number of carboxylic acid groups (broad SMARTS) is 4. The van der Waals surface area contributed by atoms with Crippen LogP contribution in [0.4, 0.5) is 0 Å².